The summed E-state index contributed by atoms with van der Waals surface area (Å²) in [5, 5.41) is 0. The van der Waals surface area contributed by atoms with E-state index in [4.69, 9.17) is 0 Å². The van der Waals surface area contributed by atoms with Crippen LogP contribution in [0, 0.1) is 0 Å². The number of benzene rings is 2. The van der Waals surface area contributed by atoms with Crippen LogP contribution in [0.25, 0.3) is 0 Å². The summed E-state index contributed by atoms with van der Waals surface area (Å²) in [4.78, 5) is 4.04. The van der Waals surface area contributed by atoms with Crippen molar-refractivity contribution in [2.45, 2.75) is 29.7 Å². The molecule has 0 aliphatic carbocycles. The summed E-state index contributed by atoms with van der Waals surface area (Å²) in [5.74, 6) is 0.534. The van der Waals surface area contributed by atoms with E-state index in [-0.39, 0.29) is 17.0 Å². The van der Waals surface area contributed by atoms with Gasteiger partial charge in [0.25, 0.3) is 0 Å². The lowest BCUT2D eigenvalue weighted by Gasteiger charge is -2.37. The third kappa shape index (κ3) is 2.75. The average Bonchev–Trinajstić information content (AvgIpc) is 3.03. The first-order chi connectivity index (χ1) is 10.4. The highest BCUT2D eigenvalue weighted by molar-refractivity contribution is 8.93. The zero-order valence-corrected chi connectivity index (χ0v) is 15.4. The normalized spacial score (nSPS) is 23.5. The van der Waals surface area contributed by atoms with Gasteiger partial charge in [-0.25, -0.2) is 0 Å². The first-order valence-corrected chi connectivity index (χ1v) is 9.06. The van der Waals surface area contributed by atoms with E-state index in [1.807, 2.05) is 11.8 Å². The maximum atomic E-state index is 2.69. The van der Waals surface area contributed by atoms with Crippen LogP contribution in [0.3, 0.4) is 0 Å². The van der Waals surface area contributed by atoms with Crippen LogP contribution in [0.15, 0.2) is 53.4 Å². The predicted octanol–water partition coefficient (Wildman–Crippen LogP) is 5.27. The molecule has 2 aromatic rings. The number of hydrogen-bond acceptors (Lipinski definition) is 2. The molecule has 2 heterocycles. The van der Waals surface area contributed by atoms with Crippen LogP contribution in [0.5, 0.6) is 0 Å². The summed E-state index contributed by atoms with van der Waals surface area (Å²) >= 11 is 1.81. The summed E-state index contributed by atoms with van der Waals surface area (Å²) < 4.78 is 0. The molecule has 4 rings (SSSR count). The predicted molar refractivity (Wildman–Crippen MR) is 100 cm³/mol. The van der Waals surface area contributed by atoms with Crippen molar-refractivity contribution in [3.63, 3.8) is 0 Å². The van der Waals surface area contributed by atoms with Crippen LogP contribution in [0.4, 0.5) is 0 Å². The minimum Gasteiger partial charge on any atom is -0.295 e. The molecule has 0 unspecified atom stereocenters. The van der Waals surface area contributed by atoms with Gasteiger partial charge in [0.1, 0.15) is 0 Å². The zero-order chi connectivity index (χ0) is 14.2. The van der Waals surface area contributed by atoms with Gasteiger partial charge in [-0.1, -0.05) is 36.4 Å². The topological polar surface area (TPSA) is 3.24 Å². The number of fused-ring (bicyclic) bond motifs is 3. The first-order valence-electron chi connectivity index (χ1n) is 7.83. The molecule has 2 atom stereocenters. The maximum absolute atomic E-state index is 2.69. The van der Waals surface area contributed by atoms with Gasteiger partial charge < -0.3 is 0 Å². The Morgan fingerprint density at radius 2 is 1.73 bits per heavy atom. The van der Waals surface area contributed by atoms with Gasteiger partial charge in [0.05, 0.1) is 0 Å². The summed E-state index contributed by atoms with van der Waals surface area (Å²) in [6.07, 6.45) is 4.81. The molecule has 2 aromatic carbocycles. The number of hydrogen-bond donors (Lipinski definition) is 0. The van der Waals surface area contributed by atoms with Crippen LogP contribution in [0.2, 0.25) is 0 Å². The molecule has 0 radical (unpaired) electrons. The molecule has 3 heteroatoms. The molecule has 2 aliphatic rings. The van der Waals surface area contributed by atoms with E-state index in [0.717, 1.165) is 0 Å². The molecule has 116 valence electrons. The number of rotatable bonds is 2. The van der Waals surface area contributed by atoms with Crippen LogP contribution in [0.1, 0.15) is 41.5 Å². The van der Waals surface area contributed by atoms with Gasteiger partial charge in [-0.3, -0.25) is 4.90 Å². The zero-order valence-electron chi connectivity index (χ0n) is 12.9. The number of thioether (sulfide) groups is 1. The molecule has 1 saturated heterocycles. The smallest absolute Gasteiger partial charge is 0.0351 e. The summed E-state index contributed by atoms with van der Waals surface area (Å²) in [7, 11) is 0. The van der Waals surface area contributed by atoms with E-state index >= 15 is 0 Å². The van der Waals surface area contributed by atoms with Gasteiger partial charge in [-0.15, -0.1) is 28.7 Å². The van der Waals surface area contributed by atoms with E-state index in [0.29, 0.717) is 12.0 Å². The van der Waals surface area contributed by atoms with Gasteiger partial charge in [0.2, 0.25) is 0 Å². The fourth-order valence-electron chi connectivity index (χ4n) is 3.98. The van der Waals surface area contributed by atoms with Gasteiger partial charge in [0, 0.05) is 23.4 Å². The third-order valence-electron chi connectivity index (χ3n) is 5.03. The largest absolute Gasteiger partial charge is 0.295 e. The van der Waals surface area contributed by atoms with Gasteiger partial charge in [-0.05, 0) is 54.5 Å². The van der Waals surface area contributed by atoms with Crippen molar-refractivity contribution in [1.82, 2.24) is 4.90 Å². The Morgan fingerprint density at radius 1 is 1.00 bits per heavy atom. The van der Waals surface area contributed by atoms with Crippen molar-refractivity contribution < 1.29 is 0 Å². The minimum absolute atomic E-state index is 0. The lowest BCUT2D eigenvalue weighted by molar-refractivity contribution is 0.230. The Morgan fingerprint density at radius 3 is 2.45 bits per heavy atom. The van der Waals surface area contributed by atoms with E-state index < -0.39 is 0 Å². The molecule has 0 N–H and O–H groups in total. The van der Waals surface area contributed by atoms with E-state index in [9.17, 15) is 0 Å². The van der Waals surface area contributed by atoms with Crippen LogP contribution in [-0.2, 0) is 0 Å². The standard InChI is InChI=1S/C19H21NS.BrH/c1-21-15-10-8-14(9-11-15)18-13-20-12-4-7-19(20)17-6-3-2-5-16(17)18;/h2-3,5-6,8-11,18-19H,4,7,12-13H2,1H3;1H/t18-,19-;/m0./s1. The Kier molecular flexibility index (Phi) is 4.96. The second kappa shape index (κ2) is 6.77. The minimum atomic E-state index is 0. The highest BCUT2D eigenvalue weighted by Gasteiger charge is 2.35. The second-order valence-corrected chi connectivity index (χ2v) is 6.99. The fraction of sp³-hybridized carbons (Fsp3) is 0.368. The molecule has 1 nitrogen and oxygen atoms in total. The summed E-state index contributed by atoms with van der Waals surface area (Å²) in [6.45, 7) is 2.44. The van der Waals surface area contributed by atoms with Crippen LogP contribution >= 0.6 is 28.7 Å². The Labute approximate surface area is 147 Å². The second-order valence-electron chi connectivity index (χ2n) is 6.11. The first kappa shape index (κ1) is 16.1. The van der Waals surface area contributed by atoms with Crippen LogP contribution < -0.4 is 0 Å². The van der Waals surface area contributed by atoms with Crippen molar-refractivity contribution in [2.24, 2.45) is 0 Å². The molecule has 2 aliphatic heterocycles. The Bertz CT molecular complexity index is 640. The molecule has 22 heavy (non-hydrogen) atoms. The summed E-state index contributed by atoms with van der Waals surface area (Å²) in [6, 6.07) is 18.9. The molecule has 1 fully saturated rings. The van der Waals surface area contributed by atoms with E-state index in [2.05, 4.69) is 59.7 Å². The maximum Gasteiger partial charge on any atom is 0.0351 e. The monoisotopic (exact) mass is 375 g/mol. The molecular weight excluding hydrogens is 354 g/mol. The quantitative estimate of drug-likeness (QED) is 0.657. The van der Waals surface area contributed by atoms with Gasteiger partial charge in [-0.2, -0.15) is 0 Å². The Balaban J connectivity index is 0.00000144. The lowest BCUT2D eigenvalue weighted by Crippen LogP contribution is -2.34. The third-order valence-corrected chi connectivity index (χ3v) is 5.77. The molecule has 0 amide bonds. The molecule has 0 aromatic heterocycles. The van der Waals surface area contributed by atoms with Crippen LogP contribution in [-0.4, -0.2) is 24.2 Å². The van der Waals surface area contributed by atoms with Crippen molar-refractivity contribution in [2.75, 3.05) is 19.3 Å². The molecule has 0 spiro atoms. The van der Waals surface area contributed by atoms with E-state index in [1.165, 1.54) is 36.4 Å². The SMILES string of the molecule is Br.CSc1ccc([C@@H]2CN3CCC[C@H]3c3ccccc32)cc1. The van der Waals surface area contributed by atoms with Crippen molar-refractivity contribution in [1.29, 1.82) is 0 Å². The number of halogens is 1. The molecule has 0 saturated carbocycles. The molecule has 0 bridgehead atoms. The van der Waals surface area contributed by atoms with E-state index in [1.54, 1.807) is 11.1 Å². The molecular formula is C19H22BrNS. The Hall–Kier alpha value is -0.770. The summed E-state index contributed by atoms with van der Waals surface area (Å²) in [5.41, 5.74) is 4.59. The lowest BCUT2D eigenvalue weighted by atomic mass is 9.82. The van der Waals surface area contributed by atoms with Gasteiger partial charge in [0.15, 0.2) is 0 Å². The van der Waals surface area contributed by atoms with Crippen molar-refractivity contribution in [3.8, 4) is 0 Å². The highest BCUT2D eigenvalue weighted by atomic mass is 79.9. The number of nitrogens with zero attached hydrogens (tertiary/aromatic N) is 1. The van der Waals surface area contributed by atoms with Gasteiger partial charge >= 0.3 is 0 Å². The van der Waals surface area contributed by atoms with Crippen molar-refractivity contribution in [3.05, 3.63) is 65.2 Å². The highest BCUT2D eigenvalue weighted by Crippen LogP contribution is 2.44. The van der Waals surface area contributed by atoms with Crippen molar-refractivity contribution >= 4 is 28.7 Å². The fourth-order valence-corrected chi connectivity index (χ4v) is 4.39. The average molecular weight is 376 g/mol.